The second-order valence-electron chi connectivity index (χ2n) is 6.64. The van der Waals surface area contributed by atoms with Crippen LogP contribution in [0.3, 0.4) is 0 Å². The minimum Gasteiger partial charge on any atom is -0.497 e. The van der Waals surface area contributed by atoms with Crippen LogP contribution in [0.5, 0.6) is 17.2 Å². The molecule has 0 radical (unpaired) electrons. The molecule has 32 heavy (non-hydrogen) atoms. The van der Waals surface area contributed by atoms with Crippen LogP contribution >= 0.6 is 23.1 Å². The van der Waals surface area contributed by atoms with Crippen molar-refractivity contribution in [1.82, 2.24) is 4.57 Å². The van der Waals surface area contributed by atoms with Crippen molar-refractivity contribution in [2.75, 3.05) is 39.1 Å². The zero-order chi connectivity index (χ0) is 23.3. The normalized spacial score (nSPS) is 12.2. The quantitative estimate of drug-likeness (QED) is 0.449. The van der Waals surface area contributed by atoms with Gasteiger partial charge in [0.15, 0.2) is 26.1 Å². The molecule has 0 spiro atoms. The Kier molecular flexibility index (Phi) is 7.86. The molecule has 1 amide bonds. The molecule has 8 nitrogen and oxygen atoms in total. The Balaban J connectivity index is 2.00. The van der Waals surface area contributed by atoms with E-state index in [1.165, 1.54) is 42.7 Å². The number of hydrogen-bond acceptors (Lipinski definition) is 8. The smallest absolute Gasteiger partial charge is 0.263 e. The molecule has 3 aromatic rings. The monoisotopic (exact) mass is 496 g/mol. The standard InChI is InChI=1S/C21H24N2O6S3/c1-27-14-5-7-15(8-6-14)32(25,26)13-20(24)22-21-23(9-10-30-4)16-11-17(28-2)18(29-3)12-19(16)31-21/h5-8,11-12H,9-10,13H2,1-4H3. The highest BCUT2D eigenvalue weighted by Gasteiger charge is 2.20. The molecule has 0 unspecified atom stereocenters. The maximum atomic E-state index is 12.7. The van der Waals surface area contributed by atoms with Crippen LogP contribution in [0.25, 0.3) is 10.2 Å². The number of methoxy groups -OCH3 is 3. The van der Waals surface area contributed by atoms with E-state index in [1.807, 2.05) is 23.0 Å². The lowest BCUT2D eigenvalue weighted by Gasteiger charge is -2.09. The molecule has 0 N–H and O–H groups in total. The van der Waals surface area contributed by atoms with Gasteiger partial charge in [0.2, 0.25) is 0 Å². The van der Waals surface area contributed by atoms with E-state index in [4.69, 9.17) is 14.2 Å². The zero-order valence-corrected chi connectivity index (χ0v) is 20.6. The molecule has 0 saturated carbocycles. The molecular weight excluding hydrogens is 472 g/mol. The van der Waals surface area contributed by atoms with E-state index in [0.717, 1.165) is 16.0 Å². The first-order valence-electron chi connectivity index (χ1n) is 9.51. The van der Waals surface area contributed by atoms with Crippen molar-refractivity contribution < 1.29 is 27.4 Å². The molecule has 172 valence electrons. The first-order valence-corrected chi connectivity index (χ1v) is 13.4. The lowest BCUT2D eigenvalue weighted by Crippen LogP contribution is -2.21. The van der Waals surface area contributed by atoms with Crippen molar-refractivity contribution in [1.29, 1.82) is 0 Å². The number of thioether (sulfide) groups is 1. The number of carbonyl (C=O) groups excluding carboxylic acids is 1. The number of aromatic nitrogens is 1. The molecule has 0 aliphatic rings. The fourth-order valence-corrected chi connectivity index (χ4v) is 5.60. The Hall–Kier alpha value is -2.50. The number of ether oxygens (including phenoxy) is 3. The Labute approximate surface area is 194 Å². The van der Waals surface area contributed by atoms with Gasteiger partial charge < -0.3 is 18.8 Å². The van der Waals surface area contributed by atoms with Gasteiger partial charge in [0.1, 0.15) is 11.5 Å². The topological polar surface area (TPSA) is 96.2 Å². The van der Waals surface area contributed by atoms with E-state index in [9.17, 15) is 13.2 Å². The SMILES string of the molecule is COc1ccc(S(=O)(=O)CC(=O)N=c2sc3cc(OC)c(OC)cc3n2CCSC)cc1. The van der Waals surface area contributed by atoms with Crippen molar-refractivity contribution in [3.05, 3.63) is 41.2 Å². The second kappa shape index (κ2) is 10.4. The number of thiazole rings is 1. The summed E-state index contributed by atoms with van der Waals surface area (Å²) in [4.78, 5) is 17.3. The molecule has 0 fully saturated rings. The fourth-order valence-electron chi connectivity index (χ4n) is 3.05. The molecular formula is C21H24N2O6S3. The van der Waals surface area contributed by atoms with Crippen LogP contribution in [0, 0.1) is 0 Å². The maximum Gasteiger partial charge on any atom is 0.263 e. The molecule has 3 rings (SSSR count). The minimum absolute atomic E-state index is 0.0444. The van der Waals surface area contributed by atoms with Gasteiger partial charge in [0.05, 0.1) is 36.4 Å². The predicted molar refractivity (Wildman–Crippen MR) is 127 cm³/mol. The average Bonchev–Trinajstić information content (AvgIpc) is 3.11. The van der Waals surface area contributed by atoms with Crippen molar-refractivity contribution in [2.24, 2.45) is 4.99 Å². The van der Waals surface area contributed by atoms with Crippen LogP contribution in [0.4, 0.5) is 0 Å². The number of sulfone groups is 1. The first-order chi connectivity index (χ1) is 15.3. The van der Waals surface area contributed by atoms with E-state index < -0.39 is 21.5 Å². The third kappa shape index (κ3) is 5.28. The van der Waals surface area contributed by atoms with Gasteiger partial charge in [0, 0.05) is 24.4 Å². The van der Waals surface area contributed by atoms with E-state index in [0.29, 0.717) is 28.6 Å². The van der Waals surface area contributed by atoms with Gasteiger partial charge in [-0.15, -0.1) is 0 Å². The van der Waals surface area contributed by atoms with E-state index in [2.05, 4.69) is 4.99 Å². The maximum absolute atomic E-state index is 12.7. The number of rotatable bonds is 9. The molecule has 1 heterocycles. The van der Waals surface area contributed by atoms with Gasteiger partial charge in [-0.1, -0.05) is 11.3 Å². The third-order valence-electron chi connectivity index (χ3n) is 4.66. The summed E-state index contributed by atoms with van der Waals surface area (Å²) >= 11 is 2.96. The molecule has 0 saturated heterocycles. The Bertz CT molecular complexity index is 1280. The third-order valence-corrected chi connectivity index (χ3v) is 7.91. The molecule has 0 bridgehead atoms. The van der Waals surface area contributed by atoms with Crippen LogP contribution in [0.2, 0.25) is 0 Å². The zero-order valence-electron chi connectivity index (χ0n) is 18.2. The van der Waals surface area contributed by atoms with E-state index in [1.54, 1.807) is 26.0 Å². The van der Waals surface area contributed by atoms with Crippen molar-refractivity contribution in [2.45, 2.75) is 11.4 Å². The number of carbonyl (C=O) groups is 1. The Morgan fingerprint density at radius 1 is 1.06 bits per heavy atom. The lowest BCUT2D eigenvalue weighted by molar-refractivity contribution is -0.115. The summed E-state index contributed by atoms with van der Waals surface area (Å²) in [5, 5.41) is 0. The van der Waals surface area contributed by atoms with Crippen molar-refractivity contribution >= 4 is 49.1 Å². The number of nitrogens with zero attached hydrogens (tertiary/aromatic N) is 2. The van der Waals surface area contributed by atoms with Gasteiger partial charge >= 0.3 is 0 Å². The number of benzene rings is 2. The van der Waals surface area contributed by atoms with Gasteiger partial charge in [-0.3, -0.25) is 4.79 Å². The molecule has 0 atom stereocenters. The van der Waals surface area contributed by atoms with Crippen LogP contribution in [-0.2, 0) is 21.2 Å². The summed E-state index contributed by atoms with van der Waals surface area (Å²) in [5.74, 6) is 1.01. The first kappa shape index (κ1) is 24.1. The molecule has 11 heteroatoms. The molecule has 0 aliphatic heterocycles. The highest BCUT2D eigenvalue weighted by atomic mass is 32.2. The predicted octanol–water partition coefficient (Wildman–Crippen LogP) is 2.99. The van der Waals surface area contributed by atoms with E-state index >= 15 is 0 Å². The largest absolute Gasteiger partial charge is 0.497 e. The number of aryl methyl sites for hydroxylation is 1. The average molecular weight is 497 g/mol. The molecule has 0 aliphatic carbocycles. The van der Waals surface area contributed by atoms with Gasteiger partial charge in [-0.2, -0.15) is 16.8 Å². The fraction of sp³-hybridized carbons (Fsp3) is 0.333. The van der Waals surface area contributed by atoms with Gasteiger partial charge in [-0.25, -0.2) is 8.42 Å². The minimum atomic E-state index is -3.83. The van der Waals surface area contributed by atoms with Crippen LogP contribution in [0.1, 0.15) is 0 Å². The summed E-state index contributed by atoms with van der Waals surface area (Å²) in [6.45, 7) is 0.605. The lowest BCUT2D eigenvalue weighted by atomic mass is 10.3. The highest BCUT2D eigenvalue weighted by molar-refractivity contribution is 7.98. The van der Waals surface area contributed by atoms with Crippen LogP contribution in [-0.4, -0.2) is 58.0 Å². The summed E-state index contributed by atoms with van der Waals surface area (Å²) in [6.07, 6.45) is 1.99. The van der Waals surface area contributed by atoms with Crippen molar-refractivity contribution in [3.8, 4) is 17.2 Å². The van der Waals surface area contributed by atoms with Crippen molar-refractivity contribution in [3.63, 3.8) is 0 Å². The number of fused-ring (bicyclic) bond motifs is 1. The van der Waals surface area contributed by atoms with Crippen LogP contribution < -0.4 is 19.0 Å². The Morgan fingerprint density at radius 2 is 1.72 bits per heavy atom. The molecule has 2 aromatic carbocycles. The summed E-state index contributed by atoms with van der Waals surface area (Å²) < 4.78 is 43.9. The molecule has 1 aromatic heterocycles. The highest BCUT2D eigenvalue weighted by Crippen LogP contribution is 2.33. The summed E-state index contributed by atoms with van der Waals surface area (Å²) in [6, 6.07) is 9.57. The number of hydrogen-bond donors (Lipinski definition) is 0. The summed E-state index contributed by atoms with van der Waals surface area (Å²) in [7, 11) is 0.771. The number of amides is 1. The van der Waals surface area contributed by atoms with E-state index in [-0.39, 0.29) is 4.90 Å². The van der Waals surface area contributed by atoms with Gasteiger partial charge in [0.25, 0.3) is 5.91 Å². The summed E-state index contributed by atoms with van der Waals surface area (Å²) in [5.41, 5.74) is 0.839. The van der Waals surface area contributed by atoms with Gasteiger partial charge in [-0.05, 0) is 30.5 Å². The second-order valence-corrected chi connectivity index (χ2v) is 10.6. The Morgan fingerprint density at radius 3 is 2.31 bits per heavy atom. The van der Waals surface area contributed by atoms with Crippen LogP contribution in [0.15, 0.2) is 46.3 Å².